The number of nitrogens with zero attached hydrogens (tertiary/aromatic N) is 2. The first-order valence-electron chi connectivity index (χ1n) is 5.85. The van der Waals surface area contributed by atoms with Gasteiger partial charge < -0.3 is 14.7 Å². The number of carboxylic acid groups (broad SMARTS) is 1. The number of non-ortho nitro benzene ring substituents is 1. The lowest BCUT2D eigenvalue weighted by atomic mass is 9.95. The first kappa shape index (κ1) is 14.2. The fraction of sp³-hybridized carbons (Fsp3) is 0.417. The lowest BCUT2D eigenvalue weighted by Crippen LogP contribution is -2.62. The van der Waals surface area contributed by atoms with Crippen molar-refractivity contribution in [1.29, 1.82) is 0 Å². The molecule has 0 bridgehead atoms. The molecule has 0 aliphatic carbocycles. The third-order valence-corrected chi connectivity index (χ3v) is 3.08. The van der Waals surface area contributed by atoms with Crippen molar-refractivity contribution in [2.45, 2.75) is 12.5 Å². The van der Waals surface area contributed by atoms with E-state index in [-0.39, 0.29) is 11.4 Å². The van der Waals surface area contributed by atoms with Gasteiger partial charge in [0.25, 0.3) is 5.69 Å². The van der Waals surface area contributed by atoms with E-state index in [0.717, 1.165) is 6.07 Å². The fourth-order valence-electron chi connectivity index (χ4n) is 2.12. The Morgan fingerprint density at radius 1 is 1.60 bits per heavy atom. The Morgan fingerprint density at radius 3 is 2.75 bits per heavy atom. The highest BCUT2D eigenvalue weighted by molar-refractivity contribution is 5.68. The highest BCUT2D eigenvalue weighted by atomic mass is 19.1. The van der Waals surface area contributed by atoms with E-state index in [9.17, 15) is 19.3 Å². The lowest BCUT2D eigenvalue weighted by Gasteiger charge is -2.48. The first-order chi connectivity index (χ1) is 9.31. The van der Waals surface area contributed by atoms with Crippen LogP contribution < -0.4 is 4.90 Å². The van der Waals surface area contributed by atoms with Crippen LogP contribution in [0.5, 0.6) is 0 Å². The number of carbonyl (C=O) groups is 1. The van der Waals surface area contributed by atoms with Crippen molar-refractivity contribution in [2.75, 3.05) is 24.6 Å². The van der Waals surface area contributed by atoms with Crippen molar-refractivity contribution in [2.24, 2.45) is 0 Å². The van der Waals surface area contributed by atoms with Crippen molar-refractivity contribution < 1.29 is 24.0 Å². The van der Waals surface area contributed by atoms with Crippen LogP contribution in [-0.2, 0) is 9.53 Å². The molecular formula is C12H13FN2O5. The number of hydrogen-bond acceptors (Lipinski definition) is 5. The van der Waals surface area contributed by atoms with E-state index in [1.54, 1.807) is 11.8 Å². The molecule has 0 aromatic heterocycles. The predicted octanol–water partition coefficient (Wildman–Crippen LogP) is 1.41. The molecule has 108 valence electrons. The molecule has 0 radical (unpaired) electrons. The lowest BCUT2D eigenvalue weighted by molar-refractivity contribution is -0.385. The number of anilines is 1. The molecule has 1 saturated heterocycles. The van der Waals surface area contributed by atoms with E-state index >= 15 is 0 Å². The van der Waals surface area contributed by atoms with Crippen LogP contribution in [0.3, 0.4) is 0 Å². The molecule has 20 heavy (non-hydrogen) atoms. The quantitative estimate of drug-likeness (QED) is 0.649. The minimum Gasteiger partial charge on any atom is -0.480 e. The van der Waals surface area contributed by atoms with E-state index in [2.05, 4.69) is 0 Å². The Labute approximate surface area is 113 Å². The molecule has 2 rings (SSSR count). The molecule has 0 amide bonds. The molecule has 1 aromatic carbocycles. The van der Waals surface area contributed by atoms with Crippen molar-refractivity contribution in [3.8, 4) is 0 Å². The second-order valence-electron chi connectivity index (χ2n) is 4.88. The van der Waals surface area contributed by atoms with Crippen LogP contribution >= 0.6 is 0 Å². The molecule has 0 spiro atoms. The number of rotatable bonds is 5. The largest absolute Gasteiger partial charge is 0.480 e. The second kappa shape index (κ2) is 5.04. The van der Waals surface area contributed by atoms with E-state index in [1.165, 1.54) is 12.1 Å². The zero-order valence-electron chi connectivity index (χ0n) is 10.7. The number of aliphatic carboxylic acids is 1. The maximum Gasteiger partial charge on any atom is 0.329 e. The molecule has 1 N–H and O–H groups in total. The molecule has 1 aliphatic heterocycles. The smallest absolute Gasteiger partial charge is 0.329 e. The van der Waals surface area contributed by atoms with Crippen molar-refractivity contribution >= 4 is 17.3 Å². The van der Waals surface area contributed by atoms with E-state index in [1.807, 2.05) is 0 Å². The maximum atomic E-state index is 13.8. The second-order valence-corrected chi connectivity index (χ2v) is 4.88. The van der Waals surface area contributed by atoms with Crippen LogP contribution in [0, 0.1) is 15.9 Å². The Hall–Kier alpha value is -2.22. The summed E-state index contributed by atoms with van der Waals surface area (Å²) in [6.45, 7) is 1.98. The van der Waals surface area contributed by atoms with Crippen LogP contribution in [0.2, 0.25) is 0 Å². The summed E-state index contributed by atoms with van der Waals surface area (Å²) in [5.74, 6) is -1.74. The summed E-state index contributed by atoms with van der Waals surface area (Å²) >= 11 is 0. The van der Waals surface area contributed by atoms with Gasteiger partial charge in [0.05, 0.1) is 16.7 Å². The highest BCUT2D eigenvalue weighted by Crippen LogP contribution is 2.33. The third-order valence-electron chi connectivity index (χ3n) is 3.08. The Kier molecular flexibility index (Phi) is 3.58. The van der Waals surface area contributed by atoms with E-state index in [4.69, 9.17) is 9.84 Å². The number of nitro benzene ring substituents is 1. The Bertz CT molecular complexity index is 557. The van der Waals surface area contributed by atoms with Crippen LogP contribution in [-0.4, -0.2) is 41.3 Å². The Morgan fingerprint density at radius 2 is 2.25 bits per heavy atom. The Balaban J connectivity index is 2.02. The minimum absolute atomic E-state index is 0.243. The molecule has 1 fully saturated rings. The molecule has 1 aromatic rings. The predicted molar refractivity (Wildman–Crippen MR) is 67.3 cm³/mol. The molecule has 0 unspecified atom stereocenters. The number of halogens is 1. The summed E-state index contributed by atoms with van der Waals surface area (Å²) in [5.41, 5.74) is -0.712. The van der Waals surface area contributed by atoms with E-state index < -0.39 is 28.9 Å². The van der Waals surface area contributed by atoms with Gasteiger partial charge in [0, 0.05) is 19.2 Å². The summed E-state index contributed by atoms with van der Waals surface area (Å²) in [4.78, 5) is 21.9. The molecule has 0 atom stereocenters. The summed E-state index contributed by atoms with van der Waals surface area (Å²) in [6.07, 6.45) is 0. The molecule has 8 heteroatoms. The molecule has 1 aliphatic rings. The van der Waals surface area contributed by atoms with Crippen molar-refractivity contribution in [3.63, 3.8) is 0 Å². The number of hydrogen-bond donors (Lipinski definition) is 1. The fourth-order valence-corrected chi connectivity index (χ4v) is 2.12. The number of ether oxygens (including phenoxy) is 1. The van der Waals surface area contributed by atoms with Crippen molar-refractivity contribution in [3.05, 3.63) is 34.1 Å². The maximum absolute atomic E-state index is 13.8. The van der Waals surface area contributed by atoms with Crippen LogP contribution in [0.1, 0.15) is 6.92 Å². The van der Waals surface area contributed by atoms with Gasteiger partial charge >= 0.3 is 5.97 Å². The van der Waals surface area contributed by atoms with Gasteiger partial charge in [0.15, 0.2) is 5.82 Å². The van der Waals surface area contributed by atoms with Gasteiger partial charge in [0.1, 0.15) is 12.2 Å². The van der Waals surface area contributed by atoms with Gasteiger partial charge in [-0.3, -0.25) is 10.1 Å². The minimum atomic E-state index is -1.06. The van der Waals surface area contributed by atoms with Crippen LogP contribution in [0.25, 0.3) is 0 Å². The molecule has 7 nitrogen and oxygen atoms in total. The zero-order valence-corrected chi connectivity index (χ0v) is 10.7. The van der Waals surface area contributed by atoms with Gasteiger partial charge in [-0.1, -0.05) is 0 Å². The normalized spacial score (nSPS) is 16.6. The average molecular weight is 284 g/mol. The summed E-state index contributed by atoms with van der Waals surface area (Å²) in [7, 11) is 0. The van der Waals surface area contributed by atoms with Crippen LogP contribution in [0.15, 0.2) is 18.2 Å². The van der Waals surface area contributed by atoms with Gasteiger partial charge in [-0.2, -0.15) is 0 Å². The number of benzene rings is 1. The summed E-state index contributed by atoms with van der Waals surface area (Å²) in [5, 5.41) is 19.1. The SMILES string of the molecule is CC1(OCC(=O)O)CN(c2ccc([N+](=O)[O-])cc2F)C1. The summed E-state index contributed by atoms with van der Waals surface area (Å²) < 4.78 is 19.0. The van der Waals surface area contributed by atoms with Crippen molar-refractivity contribution in [1.82, 2.24) is 0 Å². The van der Waals surface area contributed by atoms with Crippen LogP contribution in [0.4, 0.5) is 15.8 Å². The highest BCUT2D eigenvalue weighted by Gasteiger charge is 2.41. The molecular weight excluding hydrogens is 271 g/mol. The summed E-state index contributed by atoms with van der Waals surface area (Å²) in [6, 6.07) is 3.43. The number of carboxylic acids is 1. The van der Waals surface area contributed by atoms with Gasteiger partial charge in [-0.05, 0) is 13.0 Å². The standard InChI is InChI=1S/C12H13FN2O5/c1-12(20-5-11(16)17)6-14(7-12)10-3-2-8(15(18)19)4-9(10)13/h2-4H,5-7H2,1H3,(H,16,17). The topological polar surface area (TPSA) is 92.9 Å². The molecule has 1 heterocycles. The zero-order chi connectivity index (χ0) is 14.9. The van der Waals surface area contributed by atoms with Gasteiger partial charge in [-0.25, -0.2) is 9.18 Å². The first-order valence-corrected chi connectivity index (χ1v) is 5.85. The monoisotopic (exact) mass is 284 g/mol. The average Bonchev–Trinajstić information content (AvgIpc) is 2.33. The third kappa shape index (κ3) is 2.85. The van der Waals surface area contributed by atoms with E-state index in [0.29, 0.717) is 13.1 Å². The molecule has 0 saturated carbocycles. The van der Waals surface area contributed by atoms with Gasteiger partial charge in [0.2, 0.25) is 0 Å². The number of nitro groups is 1. The van der Waals surface area contributed by atoms with Gasteiger partial charge in [-0.15, -0.1) is 0 Å².